The second-order valence-corrected chi connectivity index (χ2v) is 21.6. The zero-order chi connectivity index (χ0) is 67.2. The number of pyridine rings is 2. The number of rotatable bonds is 14. The molecule has 2 aliphatic carbocycles. The number of nitrogens with zero attached hydrogens (tertiary/aromatic N) is 5. The molecule has 2 aliphatic heterocycles. The number of nitrogens with one attached hydrogen (secondary N) is 6. The maximum absolute atomic E-state index is 13.6. The molecule has 0 saturated heterocycles. The number of amides is 2. The Hall–Kier alpha value is -10.4. The van der Waals surface area contributed by atoms with E-state index in [0.717, 1.165) is 133 Å². The number of carbonyl (C=O) groups excluding carboxylic acids is 2. The molecule has 0 radical (unpaired) electrons. The number of hydrogen-bond donors (Lipinski definition) is 7. The molecule has 23 heteroatoms. The molecular weight excluding hydrogens is 1380 g/mol. The standard InChI is InChI=1S/2C36H33N5O3.CH4O.NO3.H2O.Yb/c2*1-5-37-29-18-32-27(16-21(29)3)34(28-17-22(4)30(38-6-2)19-33(28)44-32)25-11-7-8-12-26(25)36(43)41-39-20-24-15-14-23-10-9-13-31(42)35(23)40-24;1-2;2-1(3)4;;/h2*7-20,37,42H,5-6H2,1-4H3,(H,41,43);2H,1H3;;1H2;/q;;;-1;;/b2*38-30?,39-20+;;;;. The molecule has 4 heterocycles. The molecule has 12 rings (SSSR count). The van der Waals surface area contributed by atoms with Crippen molar-refractivity contribution < 1.29 is 101 Å². The summed E-state index contributed by atoms with van der Waals surface area (Å²) in [6.07, 6.45) is 2.88. The fraction of sp³-hybridized carbons (Fsp3) is 0.178. The number of aryl methyl sites for hydroxylation is 4. The molecule has 0 spiro atoms. The first-order valence-corrected chi connectivity index (χ1v) is 30.4. The number of hydrogen-bond acceptors (Lipinski definition) is 16. The summed E-state index contributed by atoms with van der Waals surface area (Å²) in [5.74, 6) is 0.371. The van der Waals surface area contributed by atoms with Crippen LogP contribution in [0.5, 0.6) is 11.5 Å². The Bertz CT molecular complexity index is 4660. The van der Waals surface area contributed by atoms with Crippen LogP contribution in [-0.4, -0.2) is 83.2 Å². The number of aromatic nitrogens is 2. The zero-order valence-corrected chi connectivity index (χ0v) is 55.8. The van der Waals surface area contributed by atoms with Gasteiger partial charge in [-0.1, -0.05) is 96.4 Å². The smallest absolute Gasteiger partial charge is 0.271 e. The Morgan fingerprint density at radius 3 is 1.29 bits per heavy atom. The first kappa shape index (κ1) is 73.1. The number of benzene rings is 8. The molecule has 2 aromatic heterocycles. The number of hydrazone groups is 2. The molecular formula is C73H72N11O11Yb-. The van der Waals surface area contributed by atoms with Crippen molar-refractivity contribution in [1.82, 2.24) is 20.8 Å². The first-order chi connectivity index (χ1) is 45.5. The molecule has 0 fully saturated rings. The van der Waals surface area contributed by atoms with E-state index in [0.29, 0.717) is 56.2 Å². The van der Waals surface area contributed by atoms with Crippen LogP contribution in [0.1, 0.15) is 82.1 Å². The monoisotopic (exact) mass is 1450 g/mol. The molecule has 8 aromatic rings. The third-order valence-corrected chi connectivity index (χ3v) is 15.3. The van der Waals surface area contributed by atoms with E-state index in [9.17, 15) is 19.8 Å². The predicted molar refractivity (Wildman–Crippen MR) is 368 cm³/mol. The van der Waals surface area contributed by atoms with Crippen molar-refractivity contribution in [1.29, 1.82) is 0 Å². The summed E-state index contributed by atoms with van der Waals surface area (Å²) in [5.41, 5.74) is 20.8. The Labute approximate surface area is 591 Å². The van der Waals surface area contributed by atoms with E-state index in [1.165, 1.54) is 24.6 Å². The molecule has 9 N–H and O–H groups in total. The van der Waals surface area contributed by atoms with Crippen molar-refractivity contribution in [2.45, 2.75) is 55.4 Å². The summed E-state index contributed by atoms with van der Waals surface area (Å²) < 4.78 is 13.0. The second-order valence-electron chi connectivity index (χ2n) is 21.6. The van der Waals surface area contributed by atoms with Crippen LogP contribution < -0.4 is 52.4 Å². The minimum Gasteiger partial charge on any atom is -0.871 e. The minimum atomic E-state index is -1.75. The average Bonchev–Trinajstić information content (AvgIpc) is 0.748. The Morgan fingerprint density at radius 2 is 0.917 bits per heavy atom. The third kappa shape index (κ3) is 16.6. The van der Waals surface area contributed by atoms with Gasteiger partial charge in [0.1, 0.15) is 35.8 Å². The summed E-state index contributed by atoms with van der Waals surface area (Å²) in [5, 5.41) is 66.7. The zero-order valence-electron chi connectivity index (χ0n) is 54.1. The predicted octanol–water partition coefficient (Wildman–Crippen LogP) is 7.82. The molecule has 0 bridgehead atoms. The fourth-order valence-electron chi connectivity index (χ4n) is 11.1. The SMILES string of the molecule is CCNc1cc2oc3cc(=[NH+]CC)c(C)cc-3c(-c3ccccc3C(=O)N/N=C/c3ccc4cccc([O-])c4n3)c2cc1C.CCNc1cc2oc3cc(=[NH+]CC)c(C)cc-3c(-c3ccccc3C(=O)N/N=C/c3ccc4cccc([O-])c4n3)c2cc1C.CO.O.O=[N+]([O-])[O-].[Yb]. The molecule has 2 amide bonds. The fourth-order valence-corrected chi connectivity index (χ4v) is 11.1. The summed E-state index contributed by atoms with van der Waals surface area (Å²) in [4.78, 5) is 51.2. The van der Waals surface area contributed by atoms with Gasteiger partial charge in [0.2, 0.25) is 10.7 Å². The van der Waals surface area contributed by atoms with Crippen molar-refractivity contribution in [3.05, 3.63) is 229 Å². The van der Waals surface area contributed by atoms with E-state index < -0.39 is 5.09 Å². The van der Waals surface area contributed by atoms with Gasteiger partial charge in [-0.15, -0.1) is 0 Å². The molecule has 22 nitrogen and oxygen atoms in total. The van der Waals surface area contributed by atoms with Crippen molar-refractivity contribution in [2.75, 3.05) is 43.9 Å². The molecule has 4 aliphatic rings. The summed E-state index contributed by atoms with van der Waals surface area (Å²) in [6, 6.07) is 48.7. The van der Waals surface area contributed by atoms with Crippen LogP contribution in [0.2, 0.25) is 0 Å². The van der Waals surface area contributed by atoms with Crippen LogP contribution in [0.4, 0.5) is 11.4 Å². The Balaban J connectivity index is 0.000000246. The number of aliphatic hydroxyl groups is 1. The first-order valence-electron chi connectivity index (χ1n) is 30.4. The maximum Gasteiger partial charge on any atom is 0.271 e. The minimum absolute atomic E-state index is 0. The van der Waals surface area contributed by atoms with Gasteiger partial charge in [0, 0.05) is 146 Å². The van der Waals surface area contributed by atoms with Gasteiger partial charge in [0.25, 0.3) is 11.8 Å². The van der Waals surface area contributed by atoms with Crippen molar-refractivity contribution in [3.63, 3.8) is 0 Å². The Kier molecular flexibility index (Phi) is 25.6. The van der Waals surface area contributed by atoms with Gasteiger partial charge in [-0.25, -0.2) is 30.8 Å². The van der Waals surface area contributed by atoms with E-state index in [1.807, 2.05) is 84.9 Å². The van der Waals surface area contributed by atoms with Gasteiger partial charge in [-0.05, 0) is 137 Å². The Morgan fingerprint density at radius 1 is 0.531 bits per heavy atom. The summed E-state index contributed by atoms with van der Waals surface area (Å²) in [6.45, 7) is 19.6. The van der Waals surface area contributed by atoms with E-state index >= 15 is 0 Å². The molecule has 0 unspecified atom stereocenters. The van der Waals surface area contributed by atoms with E-state index in [2.05, 4.69) is 131 Å². The molecule has 0 atom stereocenters. The molecule has 96 heavy (non-hydrogen) atoms. The number of fused-ring (bicyclic) bond motifs is 6. The van der Waals surface area contributed by atoms with Crippen LogP contribution in [0.25, 0.3) is 88.6 Å². The summed E-state index contributed by atoms with van der Waals surface area (Å²) in [7, 11) is 1.00. The van der Waals surface area contributed by atoms with Gasteiger partial charge in [0.15, 0.2) is 0 Å². The van der Waals surface area contributed by atoms with Crippen molar-refractivity contribution in [2.24, 2.45) is 10.2 Å². The normalized spacial score (nSPS) is 11.4. The topological polar surface area (TPSA) is 351 Å². The molecule has 6 aromatic carbocycles. The number of carbonyl (C=O) groups is 2. The van der Waals surface area contributed by atoms with Crippen molar-refractivity contribution >= 4 is 79.4 Å². The number of aliphatic hydroxyl groups excluding tert-OH is 1. The van der Waals surface area contributed by atoms with Gasteiger partial charge in [-0.3, -0.25) is 9.59 Å². The van der Waals surface area contributed by atoms with Gasteiger partial charge < -0.3 is 55.6 Å². The van der Waals surface area contributed by atoms with Crippen LogP contribution in [0.3, 0.4) is 0 Å². The number of anilines is 2. The van der Waals surface area contributed by atoms with Gasteiger partial charge in [-0.2, -0.15) is 10.2 Å². The van der Waals surface area contributed by atoms with Crippen LogP contribution in [-0.2, 0) is 0 Å². The van der Waals surface area contributed by atoms with Gasteiger partial charge in [0.05, 0.1) is 52.1 Å². The quantitative estimate of drug-likeness (QED) is 0.0236. The maximum atomic E-state index is 13.6. The molecule has 500 valence electrons. The average molecular weight is 1450 g/mol. The molecule has 0 saturated carbocycles. The largest absolute Gasteiger partial charge is 0.871 e. The summed E-state index contributed by atoms with van der Waals surface area (Å²) >= 11 is 0. The van der Waals surface area contributed by atoms with E-state index in [4.69, 9.17) is 29.3 Å². The number of para-hydroxylation sites is 2. The van der Waals surface area contributed by atoms with E-state index in [-0.39, 0.29) is 75.7 Å². The van der Waals surface area contributed by atoms with Crippen LogP contribution in [0.15, 0.2) is 177 Å². The van der Waals surface area contributed by atoms with Crippen LogP contribution in [0, 0.1) is 89.9 Å². The van der Waals surface area contributed by atoms with Crippen LogP contribution >= 0.6 is 0 Å². The van der Waals surface area contributed by atoms with Crippen molar-refractivity contribution in [3.8, 4) is 56.4 Å². The van der Waals surface area contributed by atoms with E-state index in [1.54, 1.807) is 36.4 Å². The third-order valence-electron chi connectivity index (χ3n) is 15.3. The second kappa shape index (κ2) is 33.7. The van der Waals surface area contributed by atoms with Gasteiger partial charge >= 0.3 is 0 Å².